The minimum Gasteiger partial charge on any atom is -0.490 e. The molecule has 1 atom stereocenters. The standard InChI is InChI=1S/C18H28N2O5S.ClH/c1-2-3-5-14(13-19)20-18(21)8-11-26(22,23)15-6-7-16-17(12-15)25-10-4-9-24-16;/h6-7,12,14H,2-5,8-11,13,19H2,1H3,(H,20,21);1H. The van der Waals surface area contributed by atoms with E-state index in [9.17, 15) is 13.2 Å². The number of fused-ring (bicyclic) bond motifs is 1. The van der Waals surface area contributed by atoms with Crippen molar-refractivity contribution in [3.8, 4) is 11.5 Å². The summed E-state index contributed by atoms with van der Waals surface area (Å²) >= 11 is 0. The van der Waals surface area contributed by atoms with Crippen molar-refractivity contribution >= 4 is 28.2 Å². The molecule has 7 nitrogen and oxygen atoms in total. The van der Waals surface area contributed by atoms with Crippen LogP contribution >= 0.6 is 12.4 Å². The number of hydrogen-bond donors (Lipinski definition) is 2. The molecule has 0 radical (unpaired) electrons. The molecule has 2 rings (SSSR count). The molecule has 1 aliphatic rings. The summed E-state index contributed by atoms with van der Waals surface area (Å²) in [6.45, 7) is 3.44. The van der Waals surface area contributed by atoms with Crippen molar-refractivity contribution in [2.45, 2.75) is 50.0 Å². The normalized spacial score (nSPS) is 14.6. The Kier molecular flexibility index (Phi) is 9.90. The Bertz CT molecular complexity index is 712. The van der Waals surface area contributed by atoms with Crippen molar-refractivity contribution in [1.82, 2.24) is 5.32 Å². The number of nitrogens with one attached hydrogen (secondary N) is 1. The number of hydrogen-bond acceptors (Lipinski definition) is 6. The molecule has 1 aromatic rings. The van der Waals surface area contributed by atoms with Gasteiger partial charge in [0.15, 0.2) is 21.3 Å². The van der Waals surface area contributed by atoms with Gasteiger partial charge < -0.3 is 20.5 Å². The zero-order chi connectivity index (χ0) is 19.0. The number of nitrogens with two attached hydrogens (primary N) is 1. The maximum Gasteiger partial charge on any atom is 0.221 e. The molecule has 27 heavy (non-hydrogen) atoms. The smallest absolute Gasteiger partial charge is 0.221 e. The Morgan fingerprint density at radius 1 is 1.26 bits per heavy atom. The zero-order valence-corrected chi connectivity index (χ0v) is 17.2. The minimum absolute atomic E-state index is 0. The number of sulfone groups is 1. The van der Waals surface area contributed by atoms with Crippen LogP contribution in [0.3, 0.4) is 0 Å². The Hall–Kier alpha value is -1.51. The lowest BCUT2D eigenvalue weighted by molar-refractivity contribution is -0.121. The van der Waals surface area contributed by atoms with Gasteiger partial charge in [0.1, 0.15) is 0 Å². The Balaban J connectivity index is 0.00000364. The lowest BCUT2D eigenvalue weighted by atomic mass is 10.1. The van der Waals surface area contributed by atoms with E-state index in [-0.39, 0.29) is 41.4 Å². The summed E-state index contributed by atoms with van der Waals surface area (Å²) in [5.74, 6) is 0.412. The first-order chi connectivity index (χ1) is 12.5. The molecule has 0 aromatic heterocycles. The molecule has 1 heterocycles. The van der Waals surface area contributed by atoms with Crippen LogP contribution in [-0.4, -0.2) is 45.9 Å². The Morgan fingerprint density at radius 3 is 2.63 bits per heavy atom. The Morgan fingerprint density at radius 2 is 1.96 bits per heavy atom. The van der Waals surface area contributed by atoms with Gasteiger partial charge in [0.2, 0.25) is 5.91 Å². The van der Waals surface area contributed by atoms with Gasteiger partial charge >= 0.3 is 0 Å². The quantitative estimate of drug-likeness (QED) is 0.633. The Labute approximate surface area is 167 Å². The van der Waals surface area contributed by atoms with Crippen LogP contribution < -0.4 is 20.5 Å². The number of amides is 1. The molecular weight excluding hydrogens is 392 g/mol. The summed E-state index contributed by atoms with van der Waals surface area (Å²) in [6.07, 6.45) is 3.44. The van der Waals surface area contributed by atoms with Crippen molar-refractivity contribution in [1.29, 1.82) is 0 Å². The van der Waals surface area contributed by atoms with E-state index in [1.807, 2.05) is 0 Å². The molecule has 3 N–H and O–H groups in total. The number of ether oxygens (including phenoxy) is 2. The topological polar surface area (TPSA) is 108 Å². The van der Waals surface area contributed by atoms with E-state index in [0.717, 1.165) is 25.7 Å². The third kappa shape index (κ3) is 7.20. The van der Waals surface area contributed by atoms with Crippen molar-refractivity contribution in [3.63, 3.8) is 0 Å². The molecule has 0 spiro atoms. The van der Waals surface area contributed by atoms with Crippen molar-refractivity contribution in [2.24, 2.45) is 5.73 Å². The molecule has 1 aromatic carbocycles. The highest BCUT2D eigenvalue weighted by Crippen LogP contribution is 2.32. The van der Waals surface area contributed by atoms with Crippen molar-refractivity contribution in [2.75, 3.05) is 25.5 Å². The predicted molar refractivity (Wildman–Crippen MR) is 106 cm³/mol. The lowest BCUT2D eigenvalue weighted by Gasteiger charge is -2.16. The van der Waals surface area contributed by atoms with Crippen LogP contribution in [0.15, 0.2) is 23.1 Å². The summed E-state index contributed by atoms with van der Waals surface area (Å²) in [6, 6.07) is 4.45. The lowest BCUT2D eigenvalue weighted by Crippen LogP contribution is -2.40. The predicted octanol–water partition coefficient (Wildman–Crippen LogP) is 2.07. The molecule has 1 unspecified atom stereocenters. The van der Waals surface area contributed by atoms with Gasteiger partial charge in [0, 0.05) is 31.5 Å². The maximum absolute atomic E-state index is 12.5. The third-order valence-electron chi connectivity index (χ3n) is 4.23. The molecule has 1 amide bonds. The van der Waals surface area contributed by atoms with Crippen LogP contribution in [0.2, 0.25) is 0 Å². The average molecular weight is 421 g/mol. The van der Waals surface area contributed by atoms with Gasteiger partial charge in [-0.1, -0.05) is 19.8 Å². The van der Waals surface area contributed by atoms with Crippen molar-refractivity contribution < 1.29 is 22.7 Å². The van der Waals surface area contributed by atoms with Crippen LogP contribution in [0.5, 0.6) is 11.5 Å². The largest absolute Gasteiger partial charge is 0.490 e. The van der Waals surface area contributed by atoms with E-state index in [2.05, 4.69) is 12.2 Å². The fourth-order valence-corrected chi connectivity index (χ4v) is 3.93. The molecule has 0 saturated carbocycles. The fraction of sp³-hybridized carbons (Fsp3) is 0.611. The molecule has 1 aliphatic heterocycles. The summed E-state index contributed by atoms with van der Waals surface area (Å²) in [4.78, 5) is 12.2. The monoisotopic (exact) mass is 420 g/mol. The highest BCUT2D eigenvalue weighted by atomic mass is 35.5. The van der Waals surface area contributed by atoms with Gasteiger partial charge in [-0.05, 0) is 18.6 Å². The van der Waals surface area contributed by atoms with E-state index < -0.39 is 9.84 Å². The van der Waals surface area contributed by atoms with Crippen LogP contribution in [-0.2, 0) is 14.6 Å². The molecule has 0 aliphatic carbocycles. The summed E-state index contributed by atoms with van der Waals surface area (Å²) < 4.78 is 36.1. The number of unbranched alkanes of at least 4 members (excludes halogenated alkanes) is 1. The van der Waals surface area contributed by atoms with Gasteiger partial charge in [0.05, 0.1) is 23.9 Å². The average Bonchev–Trinajstić information content (AvgIpc) is 2.88. The SMILES string of the molecule is CCCCC(CN)NC(=O)CCS(=O)(=O)c1ccc2c(c1)OCCCO2.Cl. The van der Waals surface area contributed by atoms with Crippen LogP contribution in [0.25, 0.3) is 0 Å². The summed E-state index contributed by atoms with van der Waals surface area (Å²) in [5.41, 5.74) is 5.65. The van der Waals surface area contributed by atoms with E-state index >= 15 is 0 Å². The van der Waals surface area contributed by atoms with Gasteiger partial charge in [-0.25, -0.2) is 8.42 Å². The molecule has 0 fully saturated rings. The van der Waals surface area contributed by atoms with Gasteiger partial charge in [-0.3, -0.25) is 4.79 Å². The van der Waals surface area contributed by atoms with Crippen LogP contribution in [0, 0.1) is 0 Å². The summed E-state index contributed by atoms with van der Waals surface area (Å²) in [7, 11) is -3.59. The second-order valence-corrected chi connectivity index (χ2v) is 8.48. The van der Waals surface area contributed by atoms with E-state index in [0.29, 0.717) is 31.3 Å². The van der Waals surface area contributed by atoms with Crippen LogP contribution in [0.1, 0.15) is 39.0 Å². The summed E-state index contributed by atoms with van der Waals surface area (Å²) in [5, 5.41) is 2.81. The molecule has 0 saturated heterocycles. The molecule has 154 valence electrons. The van der Waals surface area contributed by atoms with Gasteiger partial charge in [-0.2, -0.15) is 0 Å². The second-order valence-electron chi connectivity index (χ2n) is 6.37. The zero-order valence-electron chi connectivity index (χ0n) is 15.6. The molecule has 9 heteroatoms. The number of carbonyl (C=O) groups excluding carboxylic acids is 1. The van der Waals surface area contributed by atoms with E-state index in [1.54, 1.807) is 6.07 Å². The maximum atomic E-state index is 12.5. The minimum atomic E-state index is -3.59. The van der Waals surface area contributed by atoms with E-state index in [1.165, 1.54) is 12.1 Å². The highest BCUT2D eigenvalue weighted by Gasteiger charge is 2.21. The first kappa shape index (κ1) is 23.5. The number of benzene rings is 1. The van der Waals surface area contributed by atoms with Crippen molar-refractivity contribution in [3.05, 3.63) is 18.2 Å². The fourth-order valence-electron chi connectivity index (χ4n) is 2.68. The van der Waals surface area contributed by atoms with Crippen LogP contribution in [0.4, 0.5) is 0 Å². The first-order valence-electron chi connectivity index (χ1n) is 9.08. The molecule has 0 bridgehead atoms. The highest BCUT2D eigenvalue weighted by molar-refractivity contribution is 7.91. The van der Waals surface area contributed by atoms with Gasteiger partial charge in [-0.15, -0.1) is 12.4 Å². The number of rotatable bonds is 9. The van der Waals surface area contributed by atoms with E-state index in [4.69, 9.17) is 15.2 Å². The first-order valence-corrected chi connectivity index (χ1v) is 10.7. The second kappa shape index (κ2) is 11.4. The number of halogens is 1. The molecular formula is C18H29ClN2O5S. The number of carbonyl (C=O) groups is 1. The third-order valence-corrected chi connectivity index (χ3v) is 5.95. The van der Waals surface area contributed by atoms with Gasteiger partial charge in [0.25, 0.3) is 0 Å².